The van der Waals surface area contributed by atoms with Crippen molar-refractivity contribution in [2.45, 2.75) is 33.1 Å². The second kappa shape index (κ2) is 16.8. The Hall–Kier alpha value is -0.320. The molecule has 26 heavy (non-hydrogen) atoms. The van der Waals surface area contributed by atoms with Crippen LogP contribution in [0.25, 0.3) is 0 Å². The first kappa shape index (κ1) is 25.7. The molecule has 152 valence electrons. The molecule has 0 spiro atoms. The van der Waals surface area contributed by atoms with Gasteiger partial charge in [-0.15, -0.1) is 0 Å². The molecule has 0 aromatic heterocycles. The molecule has 6 nitrogen and oxygen atoms in total. The summed E-state index contributed by atoms with van der Waals surface area (Å²) in [5.74, 6) is 0.283. The number of aromatic hydroxyl groups is 1. The van der Waals surface area contributed by atoms with Gasteiger partial charge in [-0.2, -0.15) is 0 Å². The van der Waals surface area contributed by atoms with E-state index in [2.05, 4.69) is 18.7 Å². The van der Waals surface area contributed by atoms with Gasteiger partial charge in [0.15, 0.2) is 16.8 Å². The molecular formula is C18H35NO5P2. The second-order valence-corrected chi connectivity index (χ2v) is 8.85. The van der Waals surface area contributed by atoms with Gasteiger partial charge < -0.3 is 23.2 Å². The molecule has 1 aromatic rings. The maximum atomic E-state index is 9.33. The highest BCUT2D eigenvalue weighted by atomic mass is 31.2. The minimum atomic E-state index is -0.937. The van der Waals surface area contributed by atoms with Crippen LogP contribution in [0.5, 0.6) is 5.75 Å². The predicted molar refractivity (Wildman–Crippen MR) is 111 cm³/mol. The standard InChI is InChI=1S/C14H25NO5P2.C4H10/c1-17-21(18-2)11-15(12-22(19-3)20-4)10-9-13-5-7-14(16)8-6-13;1-3-4-2/h5-8,16H,9-12H2,1-4H3;3-4H2,1-2H3. The number of benzene rings is 1. The largest absolute Gasteiger partial charge is 0.508 e. The van der Waals surface area contributed by atoms with Crippen molar-refractivity contribution in [2.75, 3.05) is 47.6 Å². The SMILES string of the molecule is CCCC.COP(CN(CCc1ccc(O)cc1)CP(OC)OC)OC. The first-order valence-electron chi connectivity index (χ1n) is 8.76. The van der Waals surface area contributed by atoms with Crippen molar-refractivity contribution in [1.29, 1.82) is 0 Å². The number of hydrogen-bond donors (Lipinski definition) is 1. The molecule has 1 rings (SSSR count). The first-order chi connectivity index (χ1) is 12.5. The molecule has 0 aliphatic rings. The van der Waals surface area contributed by atoms with E-state index in [0.29, 0.717) is 12.6 Å². The minimum Gasteiger partial charge on any atom is -0.508 e. The minimum absolute atomic E-state index is 0.283. The number of hydrogen-bond acceptors (Lipinski definition) is 6. The zero-order valence-electron chi connectivity index (χ0n) is 17.0. The molecule has 0 fully saturated rings. The highest BCUT2D eigenvalue weighted by Gasteiger charge is 2.18. The second-order valence-electron chi connectivity index (χ2n) is 5.49. The van der Waals surface area contributed by atoms with Crippen molar-refractivity contribution in [2.24, 2.45) is 0 Å². The molecule has 0 bridgehead atoms. The molecular weight excluding hydrogens is 372 g/mol. The zero-order chi connectivity index (χ0) is 19.8. The van der Waals surface area contributed by atoms with Crippen molar-refractivity contribution in [1.82, 2.24) is 4.90 Å². The molecule has 1 aromatic carbocycles. The normalized spacial score (nSPS) is 11.1. The zero-order valence-corrected chi connectivity index (χ0v) is 18.8. The fourth-order valence-electron chi connectivity index (χ4n) is 1.84. The van der Waals surface area contributed by atoms with E-state index >= 15 is 0 Å². The first-order valence-corrected chi connectivity index (χ1v) is 11.5. The number of rotatable bonds is 12. The summed E-state index contributed by atoms with van der Waals surface area (Å²) >= 11 is 0. The monoisotopic (exact) mass is 407 g/mol. The maximum absolute atomic E-state index is 9.33. The van der Waals surface area contributed by atoms with Crippen LogP contribution in [0.2, 0.25) is 0 Å². The molecule has 0 saturated carbocycles. The van der Waals surface area contributed by atoms with Crippen LogP contribution >= 0.6 is 16.8 Å². The number of phenols is 1. The number of phenolic OH excluding ortho intramolecular Hbond substituents is 1. The van der Waals surface area contributed by atoms with Gasteiger partial charge in [-0.25, -0.2) is 0 Å². The Kier molecular flexibility index (Phi) is 16.6. The van der Waals surface area contributed by atoms with Crippen LogP contribution in [-0.4, -0.2) is 57.6 Å². The van der Waals surface area contributed by atoms with Gasteiger partial charge >= 0.3 is 0 Å². The van der Waals surface area contributed by atoms with E-state index in [4.69, 9.17) is 18.1 Å². The summed E-state index contributed by atoms with van der Waals surface area (Å²) in [6.07, 6.45) is 4.91. The van der Waals surface area contributed by atoms with Gasteiger partial charge in [0.25, 0.3) is 0 Å². The van der Waals surface area contributed by atoms with Gasteiger partial charge in [0.05, 0.1) is 12.6 Å². The summed E-state index contributed by atoms with van der Waals surface area (Å²) in [6.45, 7) is 5.20. The molecule has 0 radical (unpaired) electrons. The Morgan fingerprint density at radius 1 is 0.808 bits per heavy atom. The van der Waals surface area contributed by atoms with Gasteiger partial charge in [-0.1, -0.05) is 38.8 Å². The topological polar surface area (TPSA) is 60.4 Å². The van der Waals surface area contributed by atoms with Gasteiger partial charge in [-0.3, -0.25) is 4.90 Å². The summed E-state index contributed by atoms with van der Waals surface area (Å²) < 4.78 is 21.4. The third-order valence-corrected chi connectivity index (χ3v) is 6.49. The molecule has 8 heteroatoms. The van der Waals surface area contributed by atoms with Crippen molar-refractivity contribution in [3.05, 3.63) is 29.8 Å². The summed E-state index contributed by atoms with van der Waals surface area (Å²) in [5.41, 5.74) is 1.17. The lowest BCUT2D eigenvalue weighted by atomic mass is 10.1. The van der Waals surface area contributed by atoms with Crippen LogP contribution in [0.15, 0.2) is 24.3 Å². The quantitative estimate of drug-likeness (QED) is 0.483. The van der Waals surface area contributed by atoms with E-state index in [9.17, 15) is 5.11 Å². The lowest BCUT2D eigenvalue weighted by Gasteiger charge is -2.27. The Bertz CT molecular complexity index is 412. The number of nitrogens with zero attached hydrogens (tertiary/aromatic N) is 1. The summed E-state index contributed by atoms with van der Waals surface area (Å²) in [6, 6.07) is 7.26. The van der Waals surface area contributed by atoms with E-state index in [-0.39, 0.29) is 5.75 Å². The summed E-state index contributed by atoms with van der Waals surface area (Å²) in [7, 11) is 4.75. The molecule has 0 saturated heterocycles. The van der Waals surface area contributed by atoms with Crippen LogP contribution in [0.1, 0.15) is 32.3 Å². The van der Waals surface area contributed by atoms with Gasteiger partial charge in [-0.05, 0) is 24.1 Å². The number of unbranched alkanes of at least 4 members (excludes halogenated alkanes) is 1. The lowest BCUT2D eigenvalue weighted by molar-refractivity contribution is 0.275. The fourth-order valence-corrected chi connectivity index (χ4v) is 3.90. The smallest absolute Gasteiger partial charge is 0.185 e. The van der Waals surface area contributed by atoms with E-state index in [1.807, 2.05) is 12.1 Å². The van der Waals surface area contributed by atoms with Crippen molar-refractivity contribution in [3.8, 4) is 5.75 Å². The molecule has 0 aliphatic heterocycles. The third-order valence-electron chi connectivity index (χ3n) is 3.60. The van der Waals surface area contributed by atoms with Gasteiger partial charge in [0.2, 0.25) is 0 Å². The van der Waals surface area contributed by atoms with E-state index in [0.717, 1.165) is 13.0 Å². The van der Waals surface area contributed by atoms with Crippen LogP contribution in [-0.2, 0) is 24.5 Å². The Balaban J connectivity index is 0.00000141. The molecule has 0 aliphatic carbocycles. The lowest BCUT2D eigenvalue weighted by Crippen LogP contribution is -2.27. The average molecular weight is 407 g/mol. The molecule has 0 atom stereocenters. The van der Waals surface area contributed by atoms with Gasteiger partial charge in [0, 0.05) is 35.0 Å². The van der Waals surface area contributed by atoms with E-state index < -0.39 is 16.8 Å². The average Bonchev–Trinajstić information content (AvgIpc) is 2.68. The van der Waals surface area contributed by atoms with Crippen LogP contribution < -0.4 is 0 Å². The van der Waals surface area contributed by atoms with E-state index in [1.165, 1.54) is 18.4 Å². The Morgan fingerprint density at radius 3 is 1.58 bits per heavy atom. The summed E-state index contributed by atoms with van der Waals surface area (Å²) in [4.78, 5) is 2.23. The van der Waals surface area contributed by atoms with Crippen molar-refractivity contribution in [3.63, 3.8) is 0 Å². The van der Waals surface area contributed by atoms with E-state index in [1.54, 1.807) is 40.6 Å². The van der Waals surface area contributed by atoms with Crippen molar-refractivity contribution < 1.29 is 23.2 Å². The predicted octanol–water partition coefficient (Wildman–Crippen LogP) is 5.17. The molecule has 1 N–H and O–H groups in total. The van der Waals surface area contributed by atoms with Crippen LogP contribution in [0, 0.1) is 0 Å². The molecule has 0 unspecified atom stereocenters. The third kappa shape index (κ3) is 12.1. The maximum Gasteiger partial charge on any atom is 0.185 e. The molecule has 0 heterocycles. The summed E-state index contributed by atoms with van der Waals surface area (Å²) in [5, 5.41) is 9.33. The fraction of sp³-hybridized carbons (Fsp3) is 0.667. The molecule has 0 amide bonds. The Morgan fingerprint density at radius 2 is 1.23 bits per heavy atom. The highest BCUT2D eigenvalue weighted by Crippen LogP contribution is 2.41. The highest BCUT2D eigenvalue weighted by molar-refractivity contribution is 7.48. The van der Waals surface area contributed by atoms with Crippen molar-refractivity contribution >= 4 is 16.8 Å². The van der Waals surface area contributed by atoms with Crippen LogP contribution in [0.4, 0.5) is 0 Å². The van der Waals surface area contributed by atoms with Crippen LogP contribution in [0.3, 0.4) is 0 Å². The Labute approximate surface area is 161 Å². The van der Waals surface area contributed by atoms with Gasteiger partial charge in [0.1, 0.15) is 5.75 Å².